The summed E-state index contributed by atoms with van der Waals surface area (Å²) in [4.78, 5) is 60.9. The van der Waals surface area contributed by atoms with Gasteiger partial charge in [-0.25, -0.2) is 0 Å². The van der Waals surface area contributed by atoms with Crippen molar-refractivity contribution in [1.82, 2.24) is 9.80 Å². The number of benzene rings is 2. The molecular weight excluding hydrogens is 706 g/mol. The highest BCUT2D eigenvalue weighted by atomic mass is 79.9. The van der Waals surface area contributed by atoms with Crippen LogP contribution < -0.4 is 9.64 Å². The van der Waals surface area contributed by atoms with Crippen molar-refractivity contribution < 1.29 is 38.5 Å². The summed E-state index contributed by atoms with van der Waals surface area (Å²) in [5, 5.41) is 10.3. The number of esters is 1. The van der Waals surface area contributed by atoms with E-state index >= 15 is 0 Å². The van der Waals surface area contributed by atoms with Crippen molar-refractivity contribution in [3.8, 4) is 5.75 Å². The zero-order valence-corrected chi connectivity index (χ0v) is 30.5. The molecule has 0 aliphatic carbocycles. The van der Waals surface area contributed by atoms with Crippen molar-refractivity contribution in [3.63, 3.8) is 0 Å². The maximum atomic E-state index is 14.8. The fraction of sp³-hybridized carbons (Fsp3) is 0.474. The quantitative estimate of drug-likeness (QED) is 0.161. The molecule has 5 rings (SSSR count). The van der Waals surface area contributed by atoms with E-state index in [4.69, 9.17) is 14.2 Å². The molecule has 0 saturated carbocycles. The Morgan fingerprint density at radius 1 is 1.12 bits per heavy atom. The lowest BCUT2D eigenvalue weighted by Crippen LogP contribution is -2.58. The van der Waals surface area contributed by atoms with E-state index < -0.39 is 72.2 Å². The topological polar surface area (TPSA) is 126 Å². The number of hydrogen-bond acceptors (Lipinski definition) is 8. The van der Waals surface area contributed by atoms with Crippen molar-refractivity contribution in [2.75, 3.05) is 32.2 Å². The smallest absolute Gasteiger partial charge is 0.313 e. The largest absolute Gasteiger partial charge is 0.497 e. The van der Waals surface area contributed by atoms with Crippen LogP contribution in [0, 0.1) is 11.8 Å². The molecule has 3 aliphatic rings. The molecule has 0 aromatic heterocycles. The molecule has 1 unspecified atom stereocenters. The fourth-order valence-corrected chi connectivity index (χ4v) is 8.61. The number of carbonyl (C=O) groups excluding carboxylic acids is 4. The number of amides is 3. The highest BCUT2D eigenvalue weighted by Gasteiger charge is 2.77. The van der Waals surface area contributed by atoms with Crippen molar-refractivity contribution in [2.24, 2.45) is 11.8 Å². The number of likely N-dealkylation sites (N-methyl/N-ethyl adjacent to an activating group) is 1. The zero-order valence-electron chi connectivity index (χ0n) is 28.9. The molecule has 2 aromatic rings. The summed E-state index contributed by atoms with van der Waals surface area (Å²) in [6.07, 6.45) is 2.71. The van der Waals surface area contributed by atoms with E-state index in [1.54, 1.807) is 62.4 Å². The Morgan fingerprint density at radius 2 is 1.80 bits per heavy atom. The first-order valence-corrected chi connectivity index (χ1v) is 17.8. The van der Waals surface area contributed by atoms with Crippen LogP contribution in [0.5, 0.6) is 5.75 Å². The average molecular weight is 753 g/mol. The summed E-state index contributed by atoms with van der Waals surface area (Å²) in [6.45, 7) is 10.8. The minimum atomic E-state index is -1.38. The van der Waals surface area contributed by atoms with Gasteiger partial charge in [-0.2, -0.15) is 0 Å². The van der Waals surface area contributed by atoms with Gasteiger partial charge in [0, 0.05) is 30.5 Å². The molecule has 3 heterocycles. The van der Waals surface area contributed by atoms with Crippen molar-refractivity contribution >= 4 is 45.3 Å². The highest BCUT2D eigenvalue weighted by molar-refractivity contribution is 9.09. The zero-order chi connectivity index (χ0) is 36.3. The average Bonchev–Trinajstić information content (AvgIpc) is 3.73. The number of aliphatic hydroxyl groups is 1. The lowest BCUT2D eigenvalue weighted by Gasteiger charge is -2.38. The van der Waals surface area contributed by atoms with Crippen LogP contribution >= 0.6 is 15.9 Å². The first kappa shape index (κ1) is 37.3. The van der Waals surface area contributed by atoms with Gasteiger partial charge in [0.2, 0.25) is 11.8 Å². The predicted molar refractivity (Wildman–Crippen MR) is 192 cm³/mol. The van der Waals surface area contributed by atoms with Gasteiger partial charge < -0.3 is 34.0 Å². The number of anilines is 1. The van der Waals surface area contributed by atoms with Gasteiger partial charge in [-0.3, -0.25) is 19.2 Å². The van der Waals surface area contributed by atoms with Gasteiger partial charge in [0.25, 0.3) is 5.91 Å². The fourth-order valence-electron chi connectivity index (χ4n) is 7.66. The second kappa shape index (κ2) is 15.5. The standard InChI is InChI=1S/C38H46BrN3O8/c1-7-9-15-29(44)40(5)24(4)32(25-13-11-10-12-14-25)49-37(47)30-31-35(45)42(23(3)22-43)34(38(31)21-28(39)33(30)50-38)36(46)41(20-8-2)26-16-18-27(48-6)19-17-26/h7-8,10-14,16-19,23-24,28,30-34,43H,1-2,9,15,20-22H2,3-6H3/t23-,24-,28?,30+,31-,32+,33+,34+,38-/m1/s1. The van der Waals surface area contributed by atoms with Crippen LogP contribution in [0.3, 0.4) is 0 Å². The van der Waals surface area contributed by atoms with E-state index in [1.165, 1.54) is 9.80 Å². The Bertz CT molecular complexity index is 1590. The molecular formula is C38H46BrN3O8. The van der Waals surface area contributed by atoms with Crippen LogP contribution in [-0.4, -0.2) is 101 Å². The molecule has 50 heavy (non-hydrogen) atoms. The Kier molecular flexibility index (Phi) is 11.5. The van der Waals surface area contributed by atoms with E-state index in [9.17, 15) is 24.3 Å². The van der Waals surface area contributed by atoms with Crippen LogP contribution in [0.2, 0.25) is 0 Å². The monoisotopic (exact) mass is 751 g/mol. The molecule has 1 N–H and O–H groups in total. The van der Waals surface area contributed by atoms with Gasteiger partial charge >= 0.3 is 5.97 Å². The molecule has 0 radical (unpaired) electrons. The maximum absolute atomic E-state index is 14.8. The van der Waals surface area contributed by atoms with Gasteiger partial charge in [0.1, 0.15) is 23.5 Å². The molecule has 3 amide bonds. The highest BCUT2D eigenvalue weighted by Crippen LogP contribution is 2.61. The summed E-state index contributed by atoms with van der Waals surface area (Å²) in [7, 11) is 3.23. The third-order valence-corrected chi connectivity index (χ3v) is 11.2. The summed E-state index contributed by atoms with van der Waals surface area (Å²) >= 11 is 3.71. The van der Waals surface area contributed by atoms with Gasteiger partial charge in [-0.15, -0.1) is 13.2 Å². The number of halogens is 1. The van der Waals surface area contributed by atoms with E-state index in [2.05, 4.69) is 29.1 Å². The number of nitrogens with zero attached hydrogens (tertiary/aromatic N) is 3. The third-order valence-electron chi connectivity index (χ3n) is 10.3. The number of alkyl halides is 1. The number of allylic oxidation sites excluding steroid dienone is 1. The summed E-state index contributed by atoms with van der Waals surface area (Å²) in [5.41, 5.74) is -0.131. The van der Waals surface area contributed by atoms with E-state index in [0.717, 1.165) is 0 Å². The second-order valence-electron chi connectivity index (χ2n) is 13.2. The molecule has 3 aliphatic heterocycles. The third kappa shape index (κ3) is 6.60. The molecule has 3 saturated heterocycles. The van der Waals surface area contributed by atoms with Gasteiger partial charge in [0.15, 0.2) is 0 Å². The van der Waals surface area contributed by atoms with Crippen LogP contribution in [0.15, 0.2) is 79.9 Å². The van der Waals surface area contributed by atoms with Crippen molar-refractivity contribution in [2.45, 2.75) is 73.9 Å². The molecule has 268 valence electrons. The van der Waals surface area contributed by atoms with E-state index in [1.807, 2.05) is 37.3 Å². The number of fused-ring (bicyclic) bond motifs is 1. The first-order chi connectivity index (χ1) is 23.9. The molecule has 11 nitrogen and oxygen atoms in total. The van der Waals surface area contributed by atoms with Gasteiger partial charge in [-0.1, -0.05) is 58.4 Å². The van der Waals surface area contributed by atoms with Crippen molar-refractivity contribution in [3.05, 3.63) is 85.5 Å². The molecule has 9 atom stereocenters. The molecule has 3 fully saturated rings. The number of rotatable bonds is 15. The number of aliphatic hydroxyl groups excluding tert-OH is 1. The van der Waals surface area contributed by atoms with Crippen molar-refractivity contribution in [1.29, 1.82) is 0 Å². The number of methoxy groups -OCH3 is 1. The summed E-state index contributed by atoms with van der Waals surface area (Å²) < 4.78 is 18.3. The lowest BCUT2D eigenvalue weighted by molar-refractivity contribution is -0.165. The van der Waals surface area contributed by atoms with E-state index in [0.29, 0.717) is 23.4 Å². The Labute approximate surface area is 302 Å². The molecule has 1 spiro atoms. The van der Waals surface area contributed by atoms with E-state index in [-0.39, 0.29) is 30.1 Å². The SMILES string of the molecule is C=CCCC(=O)N(C)[C@H](C)[C@H](OC(=O)[C@@H]1[C@H]2O[C@@]3(CC2Br)[C@H](C(=O)N(CC=C)c2ccc(OC)cc2)N([C@H](C)CO)C(=O)[C@@H]13)c1ccccc1. The first-order valence-electron chi connectivity index (χ1n) is 16.9. The van der Waals surface area contributed by atoms with Gasteiger partial charge in [0.05, 0.1) is 43.7 Å². The van der Waals surface area contributed by atoms with Crippen LogP contribution in [0.25, 0.3) is 0 Å². The number of carbonyl (C=O) groups is 4. The number of ether oxygens (including phenoxy) is 3. The Morgan fingerprint density at radius 3 is 2.40 bits per heavy atom. The summed E-state index contributed by atoms with van der Waals surface area (Å²) in [5.74, 6) is -3.15. The Balaban J connectivity index is 1.52. The molecule has 12 heteroatoms. The predicted octanol–water partition coefficient (Wildman–Crippen LogP) is 4.44. The second-order valence-corrected chi connectivity index (χ2v) is 14.4. The Hall–Kier alpha value is -4.00. The normalized spacial score (nSPS) is 26.8. The summed E-state index contributed by atoms with van der Waals surface area (Å²) in [6, 6.07) is 13.7. The minimum absolute atomic E-state index is 0.126. The number of likely N-dealkylation sites (tertiary alicyclic amines) is 1. The lowest BCUT2D eigenvalue weighted by atomic mass is 9.70. The van der Waals surface area contributed by atoms with Crippen LogP contribution in [0.4, 0.5) is 5.69 Å². The minimum Gasteiger partial charge on any atom is -0.497 e. The van der Waals surface area contributed by atoms with Crippen LogP contribution in [-0.2, 0) is 28.7 Å². The molecule has 2 bridgehead atoms. The van der Waals surface area contributed by atoms with Crippen LogP contribution in [0.1, 0.15) is 44.8 Å². The van der Waals surface area contributed by atoms with Gasteiger partial charge in [-0.05, 0) is 56.5 Å². The molecule has 2 aromatic carbocycles. The number of hydrogen-bond donors (Lipinski definition) is 1. The maximum Gasteiger partial charge on any atom is 0.313 e.